The van der Waals surface area contributed by atoms with Gasteiger partial charge in [0.15, 0.2) is 5.60 Å². The predicted molar refractivity (Wildman–Crippen MR) is 269 cm³/mol. The second-order valence-electron chi connectivity index (χ2n) is 20.0. The highest BCUT2D eigenvalue weighted by atomic mass is 16.6. The van der Waals surface area contributed by atoms with E-state index in [1.54, 1.807) is 32.9 Å². The Bertz CT molecular complexity index is 2490. The molecule has 0 radical (unpaired) electrons. The minimum atomic E-state index is -0.991. The zero-order chi connectivity index (χ0) is 49.4. The second kappa shape index (κ2) is 24.7. The number of hydrogen-bond acceptors (Lipinski definition) is 8. The predicted octanol–water partition coefficient (Wildman–Crippen LogP) is 12.1. The van der Waals surface area contributed by atoms with E-state index in [-0.39, 0.29) is 28.8 Å². The number of terminal acetylenes is 2. The number of carbonyl (C=O) groups excluding carboxylic acids is 4. The number of rotatable bonds is 15. The molecule has 3 aliphatic rings. The standard InChI is InChI=1S/C61H68O8/c1-8-12-13-14-45-25-27-50(28-26-45)51-36-39-61(40-37-51,38-35-48-23-21-47(22-24-48)20-19-46-17-15-44(9-2)16-18-46)69-59(65)54-33-34-55(49(10-3)41-54)67-57(63)52-29-31-53(32-30-52)58(64)68-60(6,7)42-43(5)66-56(62)11-4/h2-3,11,15-18,21-24,33-34,41,43,45,50-53H,4,8,12-14,25-32,36-37,39-40,42H2,1,5-7H3. The van der Waals surface area contributed by atoms with Gasteiger partial charge >= 0.3 is 23.9 Å². The van der Waals surface area contributed by atoms with Crippen LogP contribution in [0.15, 0.2) is 79.4 Å². The Morgan fingerprint density at radius 1 is 0.739 bits per heavy atom. The maximum Gasteiger partial charge on any atom is 0.339 e. The van der Waals surface area contributed by atoms with Crippen molar-refractivity contribution in [3.8, 4) is 54.1 Å². The summed E-state index contributed by atoms with van der Waals surface area (Å²) in [6.45, 7) is 11.0. The van der Waals surface area contributed by atoms with Gasteiger partial charge in [-0.2, -0.15) is 0 Å². The van der Waals surface area contributed by atoms with Gasteiger partial charge in [-0.3, -0.25) is 9.59 Å². The third kappa shape index (κ3) is 15.3. The molecular weight excluding hydrogens is 861 g/mol. The second-order valence-corrected chi connectivity index (χ2v) is 20.0. The summed E-state index contributed by atoms with van der Waals surface area (Å²) in [5.41, 5.74) is 1.99. The highest BCUT2D eigenvalue weighted by molar-refractivity contribution is 5.91. The normalized spacial score (nSPS) is 22.6. The first-order valence-corrected chi connectivity index (χ1v) is 25.0. The number of unbranched alkanes of at least 4 members (excludes halogenated alkanes) is 2. The smallest absolute Gasteiger partial charge is 0.339 e. The summed E-state index contributed by atoms with van der Waals surface area (Å²) in [4.78, 5) is 52.3. The molecule has 8 heteroatoms. The van der Waals surface area contributed by atoms with Crippen molar-refractivity contribution < 1.29 is 38.1 Å². The minimum absolute atomic E-state index is 0.179. The SMILES string of the molecule is C#Cc1ccc(C#Cc2ccc(C#CC3(OC(=O)c4ccc(OC(=O)C5CCC(C(=O)OC(C)(C)CC(C)OC(=O)C=C)CC5)c(C#C)c4)CCC(C4CCC(CCCCC)CC4)CC3)cc2)cc1. The molecule has 3 saturated carbocycles. The molecule has 0 aliphatic heterocycles. The summed E-state index contributed by atoms with van der Waals surface area (Å²) in [5, 5.41) is 0. The highest BCUT2D eigenvalue weighted by Crippen LogP contribution is 2.45. The number of benzene rings is 3. The molecular formula is C61H68O8. The monoisotopic (exact) mass is 928 g/mol. The fraction of sp³-hybridized carbons (Fsp3) is 0.475. The molecule has 3 aromatic carbocycles. The van der Waals surface area contributed by atoms with Crippen LogP contribution in [0.4, 0.5) is 0 Å². The molecule has 0 heterocycles. The van der Waals surface area contributed by atoms with Gasteiger partial charge in [0.1, 0.15) is 17.5 Å². The van der Waals surface area contributed by atoms with Gasteiger partial charge in [-0.05, 0) is 175 Å². The number of esters is 4. The lowest BCUT2D eigenvalue weighted by Crippen LogP contribution is -2.40. The lowest BCUT2D eigenvalue weighted by Gasteiger charge is -2.41. The van der Waals surface area contributed by atoms with Gasteiger partial charge in [0.2, 0.25) is 0 Å². The van der Waals surface area contributed by atoms with Crippen molar-refractivity contribution in [1.82, 2.24) is 0 Å². The van der Waals surface area contributed by atoms with Crippen LogP contribution in [-0.4, -0.2) is 41.2 Å². The van der Waals surface area contributed by atoms with Crippen LogP contribution in [0.25, 0.3) is 0 Å². The Kier molecular flexibility index (Phi) is 18.6. The quantitative estimate of drug-likeness (QED) is 0.0371. The van der Waals surface area contributed by atoms with Crippen molar-refractivity contribution >= 4 is 23.9 Å². The Morgan fingerprint density at radius 3 is 1.87 bits per heavy atom. The van der Waals surface area contributed by atoms with E-state index >= 15 is 0 Å². The summed E-state index contributed by atoms with van der Waals surface area (Å²) >= 11 is 0. The van der Waals surface area contributed by atoms with Crippen LogP contribution in [0.5, 0.6) is 5.75 Å². The molecule has 0 N–H and O–H groups in total. The average Bonchev–Trinajstić information content (AvgIpc) is 3.35. The summed E-state index contributed by atoms with van der Waals surface area (Å²) in [5.74, 6) is 18.0. The van der Waals surface area contributed by atoms with Gasteiger partial charge in [0, 0.05) is 34.8 Å². The van der Waals surface area contributed by atoms with Crippen LogP contribution in [0.1, 0.15) is 175 Å². The molecule has 1 atom stereocenters. The first-order chi connectivity index (χ1) is 33.2. The van der Waals surface area contributed by atoms with Gasteiger partial charge in [-0.15, -0.1) is 12.8 Å². The molecule has 0 aromatic heterocycles. The number of carbonyl (C=O) groups is 4. The van der Waals surface area contributed by atoms with E-state index < -0.39 is 41.1 Å². The third-order valence-electron chi connectivity index (χ3n) is 14.2. The molecule has 8 nitrogen and oxygen atoms in total. The number of ether oxygens (including phenoxy) is 4. The molecule has 3 fully saturated rings. The van der Waals surface area contributed by atoms with E-state index in [1.165, 1.54) is 57.4 Å². The largest absolute Gasteiger partial charge is 0.459 e. The van der Waals surface area contributed by atoms with E-state index in [1.807, 2.05) is 48.5 Å². The van der Waals surface area contributed by atoms with Crippen LogP contribution in [0.3, 0.4) is 0 Å². The summed E-state index contributed by atoms with van der Waals surface area (Å²) in [6.07, 6.45) is 27.7. The summed E-state index contributed by atoms with van der Waals surface area (Å²) < 4.78 is 23.4. The zero-order valence-electron chi connectivity index (χ0n) is 41.0. The van der Waals surface area contributed by atoms with E-state index in [9.17, 15) is 19.2 Å². The van der Waals surface area contributed by atoms with Gasteiger partial charge < -0.3 is 18.9 Å². The van der Waals surface area contributed by atoms with Crippen LogP contribution >= 0.6 is 0 Å². The van der Waals surface area contributed by atoms with Crippen LogP contribution < -0.4 is 4.74 Å². The maximum absolute atomic E-state index is 14.1. The molecule has 6 rings (SSSR count). The molecule has 69 heavy (non-hydrogen) atoms. The Balaban J connectivity index is 1.09. The lowest BCUT2D eigenvalue weighted by molar-refractivity contribution is -0.167. The highest BCUT2D eigenvalue weighted by Gasteiger charge is 2.41. The fourth-order valence-corrected chi connectivity index (χ4v) is 10.3. The fourth-order valence-electron chi connectivity index (χ4n) is 10.3. The van der Waals surface area contributed by atoms with Crippen molar-refractivity contribution in [2.75, 3.05) is 0 Å². The van der Waals surface area contributed by atoms with E-state index in [0.29, 0.717) is 56.8 Å². The van der Waals surface area contributed by atoms with Crippen molar-refractivity contribution in [2.45, 2.75) is 154 Å². The molecule has 0 saturated heterocycles. The first kappa shape index (κ1) is 51.9. The number of hydrogen-bond donors (Lipinski definition) is 0. The third-order valence-corrected chi connectivity index (χ3v) is 14.2. The molecule has 0 spiro atoms. The van der Waals surface area contributed by atoms with Crippen molar-refractivity contribution in [3.63, 3.8) is 0 Å². The molecule has 1 unspecified atom stereocenters. The zero-order valence-corrected chi connectivity index (χ0v) is 41.0. The van der Waals surface area contributed by atoms with Crippen LogP contribution in [0, 0.1) is 78.0 Å². The first-order valence-electron chi connectivity index (χ1n) is 25.0. The van der Waals surface area contributed by atoms with Gasteiger partial charge in [0.05, 0.1) is 23.0 Å². The van der Waals surface area contributed by atoms with E-state index in [2.05, 4.69) is 49.0 Å². The van der Waals surface area contributed by atoms with E-state index in [0.717, 1.165) is 47.1 Å². The lowest BCUT2D eigenvalue weighted by atomic mass is 9.67. The summed E-state index contributed by atoms with van der Waals surface area (Å²) in [6, 6.07) is 20.0. The molecule has 0 amide bonds. The molecule has 360 valence electrons. The van der Waals surface area contributed by atoms with E-state index in [4.69, 9.17) is 31.8 Å². The van der Waals surface area contributed by atoms with Crippen LogP contribution in [0.2, 0.25) is 0 Å². The Morgan fingerprint density at radius 2 is 1.30 bits per heavy atom. The van der Waals surface area contributed by atoms with Crippen molar-refractivity contribution in [2.24, 2.45) is 29.6 Å². The van der Waals surface area contributed by atoms with Gasteiger partial charge in [0.25, 0.3) is 0 Å². The van der Waals surface area contributed by atoms with Crippen molar-refractivity contribution in [3.05, 3.63) is 113 Å². The topological polar surface area (TPSA) is 105 Å². The average molecular weight is 929 g/mol. The van der Waals surface area contributed by atoms with Crippen LogP contribution in [-0.2, 0) is 28.6 Å². The summed E-state index contributed by atoms with van der Waals surface area (Å²) in [7, 11) is 0. The van der Waals surface area contributed by atoms with Gasteiger partial charge in [-0.1, -0.05) is 81.6 Å². The molecule has 3 aromatic rings. The molecule has 3 aliphatic carbocycles. The Hall–Kier alpha value is -6.48. The Labute approximate surface area is 411 Å². The van der Waals surface area contributed by atoms with Gasteiger partial charge in [-0.25, -0.2) is 9.59 Å². The maximum atomic E-state index is 14.1. The molecule has 0 bridgehead atoms. The van der Waals surface area contributed by atoms with Crippen molar-refractivity contribution in [1.29, 1.82) is 0 Å². The minimum Gasteiger partial charge on any atom is -0.459 e.